The minimum atomic E-state index is -1.39. The van der Waals surface area contributed by atoms with E-state index in [4.69, 9.17) is 14.6 Å². The first-order valence-corrected chi connectivity index (χ1v) is 9.69. The smallest absolute Gasteiger partial charge is 0.255 e. The van der Waals surface area contributed by atoms with Crippen LogP contribution in [0.4, 0.5) is 4.39 Å². The molecule has 28 heavy (non-hydrogen) atoms. The summed E-state index contributed by atoms with van der Waals surface area (Å²) in [6.45, 7) is 2.26. The summed E-state index contributed by atoms with van der Waals surface area (Å²) in [7, 11) is 1.52. The van der Waals surface area contributed by atoms with Crippen LogP contribution in [0.25, 0.3) is 0 Å². The van der Waals surface area contributed by atoms with Gasteiger partial charge in [-0.1, -0.05) is 12.1 Å². The Balaban J connectivity index is 1.57. The fraction of sp³-hybridized carbons (Fsp3) is 0.650. The summed E-state index contributed by atoms with van der Waals surface area (Å²) in [5, 5.41) is 18.5. The van der Waals surface area contributed by atoms with Gasteiger partial charge in [0, 0.05) is 33.3 Å². The Morgan fingerprint density at radius 3 is 2.68 bits per heavy atom. The summed E-state index contributed by atoms with van der Waals surface area (Å²) in [5.74, 6) is 0.492. The van der Waals surface area contributed by atoms with Crippen LogP contribution < -0.4 is 4.74 Å². The van der Waals surface area contributed by atoms with E-state index in [1.54, 1.807) is 0 Å². The predicted octanol–water partition coefficient (Wildman–Crippen LogP) is 0.580. The zero-order valence-electron chi connectivity index (χ0n) is 16.2. The van der Waals surface area contributed by atoms with E-state index in [1.807, 2.05) is 24.3 Å². The lowest BCUT2D eigenvalue weighted by Crippen LogP contribution is -2.55. The van der Waals surface area contributed by atoms with Gasteiger partial charge in [-0.05, 0) is 30.5 Å². The van der Waals surface area contributed by atoms with E-state index < -0.39 is 17.9 Å². The third-order valence-electron chi connectivity index (χ3n) is 5.62. The van der Waals surface area contributed by atoms with Crippen molar-refractivity contribution in [2.24, 2.45) is 0 Å². The number of methoxy groups -OCH3 is 1. The number of alkyl halides is 1. The maximum Gasteiger partial charge on any atom is 0.255 e. The summed E-state index contributed by atoms with van der Waals surface area (Å²) in [6.07, 6.45) is -1.46. The highest BCUT2D eigenvalue weighted by Gasteiger charge is 2.47. The van der Waals surface area contributed by atoms with Crippen LogP contribution in [0.3, 0.4) is 0 Å². The number of hydrogen-bond donors (Lipinski definition) is 2. The summed E-state index contributed by atoms with van der Waals surface area (Å²) in [4.78, 5) is 16.6. The maximum atomic E-state index is 13.6. The van der Waals surface area contributed by atoms with Crippen molar-refractivity contribution in [2.45, 2.75) is 37.3 Å². The van der Waals surface area contributed by atoms with Crippen LogP contribution in [0.5, 0.6) is 5.75 Å². The van der Waals surface area contributed by atoms with E-state index in [0.29, 0.717) is 25.9 Å². The predicted molar refractivity (Wildman–Crippen MR) is 101 cm³/mol. The number of likely N-dealkylation sites (tertiary alicyclic amines) is 2. The molecule has 0 unspecified atom stereocenters. The lowest BCUT2D eigenvalue weighted by atomic mass is 9.89. The number of ether oxygens (including phenoxy) is 2. The Labute approximate surface area is 164 Å². The number of rotatable bonds is 7. The zero-order chi connectivity index (χ0) is 20.1. The van der Waals surface area contributed by atoms with E-state index in [-0.39, 0.29) is 32.2 Å². The molecule has 3 rings (SSSR count). The van der Waals surface area contributed by atoms with Gasteiger partial charge < -0.3 is 24.6 Å². The Bertz CT molecular complexity index is 656. The molecule has 2 fully saturated rings. The Hall–Kier alpha value is -1.74. The molecule has 1 amide bonds. The molecule has 0 aromatic heterocycles. The lowest BCUT2D eigenvalue weighted by molar-refractivity contribution is -0.160. The highest BCUT2D eigenvalue weighted by atomic mass is 19.1. The van der Waals surface area contributed by atoms with Gasteiger partial charge in [0.05, 0.1) is 13.2 Å². The number of β-amino-alcohol motifs (C(OH)–C–C–N with tert-alkyl or cyclic N) is 1. The topological polar surface area (TPSA) is 82.5 Å². The Morgan fingerprint density at radius 2 is 2.07 bits per heavy atom. The number of halogens is 1. The highest BCUT2D eigenvalue weighted by Crippen LogP contribution is 2.31. The fourth-order valence-corrected chi connectivity index (χ4v) is 3.93. The van der Waals surface area contributed by atoms with Gasteiger partial charge in [0.2, 0.25) is 0 Å². The highest BCUT2D eigenvalue weighted by molar-refractivity contribution is 5.86. The minimum Gasteiger partial charge on any atom is -0.491 e. The standard InChI is InChI=1S/C20H29FN2O5/c1-27-20(19(26)23-13-17(21)18(25)14-23)5-7-22(8-6-20)12-15-3-2-4-16(11-15)28-10-9-24/h2-4,11,17-18,24-25H,5-10,12-14H2,1H3/t17-,18-/m1/s1. The van der Waals surface area contributed by atoms with Crippen LogP contribution in [0.1, 0.15) is 18.4 Å². The van der Waals surface area contributed by atoms with Crippen molar-refractivity contribution >= 4 is 5.91 Å². The number of carbonyl (C=O) groups is 1. The number of aliphatic hydroxyl groups excluding tert-OH is 2. The summed E-state index contributed by atoms with van der Waals surface area (Å²) in [5.41, 5.74) is 0.140. The van der Waals surface area contributed by atoms with Crippen LogP contribution in [0.15, 0.2) is 24.3 Å². The van der Waals surface area contributed by atoms with E-state index in [2.05, 4.69) is 4.90 Å². The normalized spacial score (nSPS) is 25.1. The monoisotopic (exact) mass is 396 g/mol. The second-order valence-electron chi connectivity index (χ2n) is 7.49. The quantitative estimate of drug-likeness (QED) is 0.702. The van der Waals surface area contributed by atoms with E-state index in [1.165, 1.54) is 12.0 Å². The van der Waals surface area contributed by atoms with Gasteiger partial charge >= 0.3 is 0 Å². The molecule has 0 bridgehead atoms. The lowest BCUT2D eigenvalue weighted by Gasteiger charge is -2.41. The number of amides is 1. The van der Waals surface area contributed by atoms with Crippen LogP contribution in [-0.4, -0.2) is 90.3 Å². The van der Waals surface area contributed by atoms with Crippen LogP contribution in [0.2, 0.25) is 0 Å². The molecule has 0 aliphatic carbocycles. The number of carbonyl (C=O) groups excluding carboxylic acids is 1. The van der Waals surface area contributed by atoms with Gasteiger partial charge in [-0.3, -0.25) is 9.69 Å². The molecule has 156 valence electrons. The molecule has 7 nitrogen and oxygen atoms in total. The van der Waals surface area contributed by atoms with E-state index in [9.17, 15) is 14.3 Å². The molecule has 2 atom stereocenters. The molecule has 0 spiro atoms. The van der Waals surface area contributed by atoms with Crippen molar-refractivity contribution in [1.29, 1.82) is 0 Å². The van der Waals surface area contributed by atoms with Crippen molar-refractivity contribution in [2.75, 3.05) is 46.5 Å². The number of aliphatic hydroxyl groups is 2. The average Bonchev–Trinajstić information content (AvgIpc) is 3.05. The number of nitrogens with zero attached hydrogens (tertiary/aromatic N) is 2. The minimum absolute atomic E-state index is 0.0233. The first kappa shape index (κ1) is 21.0. The molecule has 2 heterocycles. The fourth-order valence-electron chi connectivity index (χ4n) is 3.93. The Kier molecular flexibility index (Phi) is 6.87. The van der Waals surface area contributed by atoms with Crippen molar-refractivity contribution in [3.8, 4) is 5.75 Å². The first-order valence-electron chi connectivity index (χ1n) is 9.69. The van der Waals surface area contributed by atoms with Gasteiger partial charge in [0.1, 0.15) is 30.2 Å². The summed E-state index contributed by atoms with van der Waals surface area (Å²) < 4.78 is 24.7. The molecule has 2 aliphatic rings. The number of piperidine rings is 1. The van der Waals surface area contributed by atoms with Gasteiger partial charge in [-0.25, -0.2) is 4.39 Å². The van der Waals surface area contributed by atoms with Crippen molar-refractivity contribution in [3.63, 3.8) is 0 Å². The third kappa shape index (κ3) is 4.63. The van der Waals surface area contributed by atoms with Crippen molar-refractivity contribution < 1.29 is 28.9 Å². The zero-order valence-corrected chi connectivity index (χ0v) is 16.2. The molecule has 0 radical (unpaired) electrons. The SMILES string of the molecule is COC1(C(=O)N2C[C@@H](O)[C@H](F)C2)CCN(Cc2cccc(OCCO)c2)CC1. The molecule has 2 saturated heterocycles. The van der Waals surface area contributed by atoms with Crippen molar-refractivity contribution in [3.05, 3.63) is 29.8 Å². The second-order valence-corrected chi connectivity index (χ2v) is 7.49. The number of hydrogen-bond acceptors (Lipinski definition) is 6. The van der Waals surface area contributed by atoms with Crippen molar-refractivity contribution in [1.82, 2.24) is 9.80 Å². The van der Waals surface area contributed by atoms with Gasteiger partial charge in [0.25, 0.3) is 5.91 Å². The maximum absolute atomic E-state index is 13.6. The third-order valence-corrected chi connectivity index (χ3v) is 5.62. The average molecular weight is 396 g/mol. The van der Waals surface area contributed by atoms with Crippen LogP contribution >= 0.6 is 0 Å². The van der Waals surface area contributed by atoms with Gasteiger partial charge in [-0.15, -0.1) is 0 Å². The molecule has 0 saturated carbocycles. The largest absolute Gasteiger partial charge is 0.491 e. The molecule has 2 N–H and O–H groups in total. The van der Waals surface area contributed by atoms with Gasteiger partial charge in [-0.2, -0.15) is 0 Å². The first-order chi connectivity index (χ1) is 13.5. The van der Waals surface area contributed by atoms with Gasteiger partial charge in [0.15, 0.2) is 0 Å². The second kappa shape index (κ2) is 9.17. The van der Waals surface area contributed by atoms with Crippen LogP contribution in [0, 0.1) is 0 Å². The molecule has 2 aliphatic heterocycles. The van der Waals surface area contributed by atoms with E-state index >= 15 is 0 Å². The molecule has 1 aromatic carbocycles. The Morgan fingerprint density at radius 1 is 1.32 bits per heavy atom. The molecule has 1 aromatic rings. The molecular weight excluding hydrogens is 367 g/mol. The number of benzene rings is 1. The summed E-state index contributed by atoms with van der Waals surface area (Å²) in [6, 6.07) is 7.74. The molecule has 8 heteroatoms. The van der Waals surface area contributed by atoms with E-state index in [0.717, 1.165) is 17.9 Å². The summed E-state index contributed by atoms with van der Waals surface area (Å²) >= 11 is 0. The van der Waals surface area contributed by atoms with Crippen LogP contribution in [-0.2, 0) is 16.1 Å². The molecular formula is C20H29FN2O5.